The quantitative estimate of drug-likeness (QED) is 0.736. The molecule has 19 heavy (non-hydrogen) atoms. The molecule has 0 fully saturated rings. The SMILES string of the molecule is Oc1ccc(CCNCc2c(O)cccc2Cl)cc1. The maximum atomic E-state index is 9.69. The zero-order chi connectivity index (χ0) is 13.7. The molecule has 0 atom stereocenters. The Morgan fingerprint density at radius 1 is 1.00 bits per heavy atom. The zero-order valence-corrected chi connectivity index (χ0v) is 11.2. The molecule has 0 unspecified atom stereocenters. The van der Waals surface area contributed by atoms with Crippen LogP contribution in [-0.2, 0) is 13.0 Å². The molecular weight excluding hydrogens is 262 g/mol. The van der Waals surface area contributed by atoms with E-state index in [1.165, 1.54) is 0 Å². The fraction of sp³-hybridized carbons (Fsp3) is 0.200. The van der Waals surface area contributed by atoms with E-state index in [0.29, 0.717) is 11.6 Å². The van der Waals surface area contributed by atoms with E-state index in [4.69, 9.17) is 11.6 Å². The van der Waals surface area contributed by atoms with Crippen molar-refractivity contribution in [3.05, 3.63) is 58.6 Å². The molecule has 100 valence electrons. The van der Waals surface area contributed by atoms with E-state index in [1.807, 2.05) is 12.1 Å². The van der Waals surface area contributed by atoms with Gasteiger partial charge in [0.05, 0.1) is 0 Å². The number of hydrogen-bond acceptors (Lipinski definition) is 3. The van der Waals surface area contributed by atoms with E-state index in [0.717, 1.165) is 24.1 Å². The normalized spacial score (nSPS) is 10.6. The third-order valence-electron chi connectivity index (χ3n) is 2.92. The van der Waals surface area contributed by atoms with Crippen molar-refractivity contribution in [2.45, 2.75) is 13.0 Å². The third-order valence-corrected chi connectivity index (χ3v) is 3.28. The Bertz CT molecular complexity index is 520. The van der Waals surface area contributed by atoms with Crippen molar-refractivity contribution in [2.75, 3.05) is 6.54 Å². The molecule has 0 aliphatic carbocycles. The maximum Gasteiger partial charge on any atom is 0.121 e. The Kier molecular flexibility index (Phi) is 4.66. The van der Waals surface area contributed by atoms with Crippen molar-refractivity contribution in [1.29, 1.82) is 0 Å². The Hall–Kier alpha value is -1.71. The molecule has 0 heterocycles. The summed E-state index contributed by atoms with van der Waals surface area (Å²) in [6.45, 7) is 1.30. The van der Waals surface area contributed by atoms with Crippen LogP contribution in [0.25, 0.3) is 0 Å². The van der Waals surface area contributed by atoms with Crippen LogP contribution in [0.1, 0.15) is 11.1 Å². The van der Waals surface area contributed by atoms with Gasteiger partial charge in [0.15, 0.2) is 0 Å². The van der Waals surface area contributed by atoms with Crippen LogP contribution >= 0.6 is 11.6 Å². The first-order valence-electron chi connectivity index (χ1n) is 6.12. The van der Waals surface area contributed by atoms with E-state index in [2.05, 4.69) is 5.32 Å². The van der Waals surface area contributed by atoms with Crippen molar-refractivity contribution in [1.82, 2.24) is 5.32 Å². The second kappa shape index (κ2) is 6.45. The van der Waals surface area contributed by atoms with Crippen LogP contribution in [0.15, 0.2) is 42.5 Å². The van der Waals surface area contributed by atoms with E-state index >= 15 is 0 Å². The lowest BCUT2D eigenvalue weighted by atomic mass is 10.1. The first-order valence-corrected chi connectivity index (χ1v) is 6.49. The fourth-order valence-corrected chi connectivity index (χ4v) is 2.07. The molecule has 0 saturated carbocycles. The highest BCUT2D eigenvalue weighted by Crippen LogP contribution is 2.24. The van der Waals surface area contributed by atoms with E-state index < -0.39 is 0 Å². The summed E-state index contributed by atoms with van der Waals surface area (Å²) in [4.78, 5) is 0. The fourth-order valence-electron chi connectivity index (χ4n) is 1.83. The maximum absolute atomic E-state index is 9.69. The molecule has 0 amide bonds. The number of halogens is 1. The average Bonchev–Trinajstić information content (AvgIpc) is 2.39. The van der Waals surface area contributed by atoms with Crippen molar-refractivity contribution in [2.24, 2.45) is 0 Å². The zero-order valence-electron chi connectivity index (χ0n) is 10.4. The van der Waals surface area contributed by atoms with Gasteiger partial charge in [-0.3, -0.25) is 0 Å². The largest absolute Gasteiger partial charge is 0.508 e. The number of phenols is 2. The van der Waals surface area contributed by atoms with Crippen LogP contribution in [0.3, 0.4) is 0 Å². The van der Waals surface area contributed by atoms with Gasteiger partial charge < -0.3 is 15.5 Å². The first-order chi connectivity index (χ1) is 9.16. The van der Waals surface area contributed by atoms with Crippen LogP contribution in [0.4, 0.5) is 0 Å². The van der Waals surface area contributed by atoms with Gasteiger partial charge in [-0.05, 0) is 42.8 Å². The van der Waals surface area contributed by atoms with Crippen LogP contribution in [0.5, 0.6) is 11.5 Å². The van der Waals surface area contributed by atoms with E-state index in [1.54, 1.807) is 30.3 Å². The molecule has 0 bridgehead atoms. The summed E-state index contributed by atoms with van der Waals surface area (Å²) in [6, 6.07) is 12.2. The van der Waals surface area contributed by atoms with Crippen molar-refractivity contribution in [3.8, 4) is 11.5 Å². The number of benzene rings is 2. The minimum absolute atomic E-state index is 0.213. The molecular formula is C15H16ClNO2. The van der Waals surface area contributed by atoms with Crippen molar-refractivity contribution < 1.29 is 10.2 Å². The Morgan fingerprint density at radius 3 is 2.42 bits per heavy atom. The van der Waals surface area contributed by atoms with Crippen LogP contribution in [0.2, 0.25) is 5.02 Å². The summed E-state index contributed by atoms with van der Waals surface area (Å²) >= 11 is 6.02. The molecule has 2 rings (SSSR count). The van der Waals surface area contributed by atoms with Gasteiger partial charge in [0.25, 0.3) is 0 Å². The molecule has 0 spiro atoms. The van der Waals surface area contributed by atoms with Gasteiger partial charge in [0.1, 0.15) is 11.5 Å². The molecule has 2 aromatic carbocycles. The summed E-state index contributed by atoms with van der Waals surface area (Å²) in [5, 5.41) is 22.7. The second-order valence-electron chi connectivity index (χ2n) is 4.33. The lowest BCUT2D eigenvalue weighted by Gasteiger charge is -2.08. The predicted octanol–water partition coefficient (Wildman–Crippen LogP) is 3.08. The highest BCUT2D eigenvalue weighted by atomic mass is 35.5. The highest BCUT2D eigenvalue weighted by Gasteiger charge is 2.04. The third kappa shape index (κ3) is 3.88. The molecule has 0 saturated heterocycles. The van der Waals surface area contributed by atoms with E-state index in [-0.39, 0.29) is 11.5 Å². The van der Waals surface area contributed by atoms with Gasteiger partial charge in [-0.2, -0.15) is 0 Å². The van der Waals surface area contributed by atoms with Gasteiger partial charge in [-0.25, -0.2) is 0 Å². The standard InChI is InChI=1S/C15H16ClNO2/c16-14-2-1-3-15(19)13(14)10-17-9-8-11-4-6-12(18)7-5-11/h1-7,17-19H,8-10H2. The number of nitrogens with one attached hydrogen (secondary N) is 1. The van der Waals surface area contributed by atoms with Gasteiger partial charge in [-0.1, -0.05) is 29.8 Å². The molecule has 3 N–H and O–H groups in total. The smallest absolute Gasteiger partial charge is 0.121 e. The van der Waals surface area contributed by atoms with Gasteiger partial charge in [0.2, 0.25) is 0 Å². The predicted molar refractivity (Wildman–Crippen MR) is 76.6 cm³/mol. The molecule has 2 aromatic rings. The molecule has 0 aliphatic rings. The topological polar surface area (TPSA) is 52.5 Å². The summed E-state index contributed by atoms with van der Waals surface area (Å²) in [5.74, 6) is 0.488. The number of hydrogen-bond donors (Lipinski definition) is 3. The number of aromatic hydroxyl groups is 2. The van der Waals surface area contributed by atoms with Crippen LogP contribution in [0, 0.1) is 0 Å². The van der Waals surface area contributed by atoms with Gasteiger partial charge in [0, 0.05) is 17.1 Å². The highest BCUT2D eigenvalue weighted by molar-refractivity contribution is 6.31. The molecule has 0 aromatic heterocycles. The first kappa shape index (κ1) is 13.7. The molecule has 3 nitrogen and oxygen atoms in total. The Labute approximate surface area is 117 Å². The van der Waals surface area contributed by atoms with Crippen molar-refractivity contribution in [3.63, 3.8) is 0 Å². The Balaban J connectivity index is 1.82. The minimum Gasteiger partial charge on any atom is -0.508 e. The summed E-state index contributed by atoms with van der Waals surface area (Å²) in [6.07, 6.45) is 0.853. The summed E-state index contributed by atoms with van der Waals surface area (Å²) < 4.78 is 0. The van der Waals surface area contributed by atoms with Crippen molar-refractivity contribution >= 4 is 11.6 Å². The molecule has 0 radical (unpaired) electrons. The molecule has 0 aliphatic heterocycles. The van der Waals surface area contributed by atoms with Gasteiger partial charge >= 0.3 is 0 Å². The number of rotatable bonds is 5. The Morgan fingerprint density at radius 2 is 1.74 bits per heavy atom. The lowest BCUT2D eigenvalue weighted by Crippen LogP contribution is -2.17. The lowest BCUT2D eigenvalue weighted by molar-refractivity contribution is 0.464. The van der Waals surface area contributed by atoms with Gasteiger partial charge in [-0.15, -0.1) is 0 Å². The summed E-state index contributed by atoms with van der Waals surface area (Å²) in [5.41, 5.74) is 1.86. The van der Waals surface area contributed by atoms with E-state index in [9.17, 15) is 10.2 Å². The average molecular weight is 278 g/mol. The van der Waals surface area contributed by atoms with Crippen LogP contribution < -0.4 is 5.32 Å². The number of phenolic OH excluding ortho intramolecular Hbond substituents is 2. The molecule has 4 heteroatoms. The summed E-state index contributed by atoms with van der Waals surface area (Å²) in [7, 11) is 0. The monoisotopic (exact) mass is 277 g/mol. The van der Waals surface area contributed by atoms with Crippen LogP contribution in [-0.4, -0.2) is 16.8 Å². The second-order valence-corrected chi connectivity index (χ2v) is 4.74. The minimum atomic E-state index is 0.213.